The van der Waals surface area contributed by atoms with Crippen molar-refractivity contribution in [2.45, 2.75) is 13.3 Å². The molecule has 124 valence electrons. The lowest BCUT2D eigenvalue weighted by atomic mass is 10.3. The molecule has 1 aromatic heterocycles. The van der Waals surface area contributed by atoms with Gasteiger partial charge in [-0.3, -0.25) is 10.1 Å². The molecule has 7 nitrogen and oxygen atoms in total. The molecule has 0 bridgehead atoms. The summed E-state index contributed by atoms with van der Waals surface area (Å²) in [6.45, 7) is 3.11. The van der Waals surface area contributed by atoms with Crippen molar-refractivity contribution < 1.29 is 19.0 Å². The lowest BCUT2D eigenvalue weighted by molar-refractivity contribution is -0.118. The Kier molecular flexibility index (Phi) is 6.76. The van der Waals surface area contributed by atoms with Crippen LogP contribution in [0.2, 0.25) is 0 Å². The van der Waals surface area contributed by atoms with Gasteiger partial charge in [0.25, 0.3) is 5.91 Å². The zero-order valence-electron chi connectivity index (χ0n) is 13.1. The van der Waals surface area contributed by atoms with Gasteiger partial charge in [0.15, 0.2) is 6.61 Å². The van der Waals surface area contributed by atoms with E-state index >= 15 is 0 Å². The molecule has 1 N–H and O–H groups in total. The highest BCUT2D eigenvalue weighted by molar-refractivity contribution is 7.15. The Morgan fingerprint density at radius 3 is 2.65 bits per heavy atom. The van der Waals surface area contributed by atoms with E-state index < -0.39 is 0 Å². The highest BCUT2D eigenvalue weighted by Crippen LogP contribution is 2.18. The summed E-state index contributed by atoms with van der Waals surface area (Å²) in [7, 11) is 1.59. The Bertz CT molecular complexity index is 615. The molecule has 23 heavy (non-hydrogen) atoms. The minimum atomic E-state index is -0.284. The molecule has 1 heterocycles. The zero-order chi connectivity index (χ0) is 16.5. The van der Waals surface area contributed by atoms with Gasteiger partial charge in [-0.15, -0.1) is 10.2 Å². The number of ether oxygens (including phenoxy) is 3. The third-order valence-corrected chi connectivity index (χ3v) is 3.71. The Morgan fingerprint density at radius 1 is 1.22 bits per heavy atom. The Morgan fingerprint density at radius 2 is 1.96 bits per heavy atom. The van der Waals surface area contributed by atoms with Crippen LogP contribution in [0.15, 0.2) is 24.3 Å². The fourth-order valence-corrected chi connectivity index (χ4v) is 2.42. The second-order valence-electron chi connectivity index (χ2n) is 4.46. The quantitative estimate of drug-likeness (QED) is 0.706. The first-order valence-corrected chi connectivity index (χ1v) is 7.99. The lowest BCUT2D eigenvalue weighted by Gasteiger charge is -2.06. The van der Waals surface area contributed by atoms with Crippen molar-refractivity contribution in [3.05, 3.63) is 29.3 Å². The van der Waals surface area contributed by atoms with Crippen molar-refractivity contribution in [1.29, 1.82) is 0 Å². The number of nitrogens with zero attached hydrogens (tertiary/aromatic N) is 2. The van der Waals surface area contributed by atoms with E-state index in [1.807, 2.05) is 6.92 Å². The minimum absolute atomic E-state index is 0.0970. The van der Waals surface area contributed by atoms with Crippen molar-refractivity contribution in [1.82, 2.24) is 10.2 Å². The number of carbonyl (C=O) groups excluding carboxylic acids is 1. The maximum Gasteiger partial charge on any atom is 0.264 e. The van der Waals surface area contributed by atoms with Crippen molar-refractivity contribution in [2.24, 2.45) is 0 Å². The molecule has 0 atom stereocenters. The van der Waals surface area contributed by atoms with Crippen molar-refractivity contribution in [2.75, 3.05) is 32.2 Å². The van der Waals surface area contributed by atoms with E-state index in [1.165, 1.54) is 11.3 Å². The number of hydrogen-bond acceptors (Lipinski definition) is 7. The fourth-order valence-electron chi connectivity index (χ4n) is 1.69. The second kappa shape index (κ2) is 9.06. The van der Waals surface area contributed by atoms with Gasteiger partial charge in [-0.05, 0) is 31.2 Å². The SMILES string of the molecule is CCOCCc1nnc(NC(=O)COc2ccc(OC)cc2)s1. The molecule has 0 saturated heterocycles. The highest BCUT2D eigenvalue weighted by atomic mass is 32.1. The third kappa shape index (κ3) is 5.84. The van der Waals surface area contributed by atoms with E-state index in [1.54, 1.807) is 31.4 Å². The van der Waals surface area contributed by atoms with E-state index in [9.17, 15) is 4.79 Å². The van der Waals surface area contributed by atoms with Crippen LogP contribution >= 0.6 is 11.3 Å². The predicted octanol–water partition coefficient (Wildman–Crippen LogP) is 2.14. The maximum atomic E-state index is 11.8. The first kappa shape index (κ1) is 17.2. The first-order valence-electron chi connectivity index (χ1n) is 7.18. The van der Waals surface area contributed by atoms with Gasteiger partial charge in [0.05, 0.1) is 13.7 Å². The summed E-state index contributed by atoms with van der Waals surface area (Å²) in [6, 6.07) is 7.01. The highest BCUT2D eigenvalue weighted by Gasteiger charge is 2.09. The summed E-state index contributed by atoms with van der Waals surface area (Å²) < 4.78 is 15.7. The van der Waals surface area contributed by atoms with Gasteiger partial charge in [0.2, 0.25) is 5.13 Å². The van der Waals surface area contributed by atoms with Crippen molar-refractivity contribution in [3.8, 4) is 11.5 Å². The molecule has 1 amide bonds. The van der Waals surface area contributed by atoms with Crippen LogP contribution in [0, 0.1) is 0 Å². The number of anilines is 1. The molecule has 2 rings (SSSR count). The standard InChI is InChI=1S/C15H19N3O4S/c1-3-21-9-8-14-17-18-15(23-14)16-13(19)10-22-12-6-4-11(20-2)5-7-12/h4-7H,3,8-10H2,1-2H3,(H,16,18,19). The van der Waals surface area contributed by atoms with Gasteiger partial charge in [-0.25, -0.2) is 0 Å². The van der Waals surface area contributed by atoms with Crippen LogP contribution in [0.25, 0.3) is 0 Å². The molecule has 1 aromatic carbocycles. The van der Waals surface area contributed by atoms with Crippen LogP contribution in [0.1, 0.15) is 11.9 Å². The van der Waals surface area contributed by atoms with E-state index in [0.717, 1.165) is 10.8 Å². The van der Waals surface area contributed by atoms with Gasteiger partial charge in [-0.1, -0.05) is 11.3 Å². The smallest absolute Gasteiger partial charge is 0.264 e. The normalized spacial score (nSPS) is 10.3. The summed E-state index contributed by atoms with van der Waals surface area (Å²) in [5, 5.41) is 11.9. The Hall–Kier alpha value is -2.19. The average molecular weight is 337 g/mol. The van der Waals surface area contributed by atoms with Gasteiger partial charge in [0, 0.05) is 13.0 Å². The number of nitrogens with one attached hydrogen (secondary N) is 1. The number of methoxy groups -OCH3 is 1. The molecule has 0 saturated carbocycles. The van der Waals surface area contributed by atoms with E-state index in [2.05, 4.69) is 15.5 Å². The van der Waals surface area contributed by atoms with E-state index in [0.29, 0.717) is 30.5 Å². The molecule has 0 unspecified atom stereocenters. The second-order valence-corrected chi connectivity index (χ2v) is 5.52. The van der Waals surface area contributed by atoms with E-state index in [-0.39, 0.29) is 12.5 Å². The van der Waals surface area contributed by atoms with Crippen LogP contribution in [-0.2, 0) is 16.0 Å². The maximum absolute atomic E-state index is 11.8. The third-order valence-electron chi connectivity index (χ3n) is 2.81. The van der Waals surface area contributed by atoms with Crippen LogP contribution in [0.3, 0.4) is 0 Å². The number of carbonyl (C=O) groups is 1. The number of amides is 1. The van der Waals surface area contributed by atoms with Gasteiger partial charge >= 0.3 is 0 Å². The minimum Gasteiger partial charge on any atom is -0.497 e. The van der Waals surface area contributed by atoms with Crippen molar-refractivity contribution >= 4 is 22.4 Å². The molecule has 0 spiro atoms. The Balaban J connectivity index is 1.75. The molecule has 0 aliphatic heterocycles. The fraction of sp³-hybridized carbons (Fsp3) is 0.400. The van der Waals surface area contributed by atoms with Gasteiger partial charge < -0.3 is 14.2 Å². The van der Waals surface area contributed by atoms with Gasteiger partial charge in [0.1, 0.15) is 16.5 Å². The molecule has 0 fully saturated rings. The predicted molar refractivity (Wildman–Crippen MR) is 87.2 cm³/mol. The van der Waals surface area contributed by atoms with Crippen molar-refractivity contribution in [3.63, 3.8) is 0 Å². The summed E-state index contributed by atoms with van der Waals surface area (Å²) in [4.78, 5) is 11.8. The summed E-state index contributed by atoms with van der Waals surface area (Å²) in [5.41, 5.74) is 0. The largest absolute Gasteiger partial charge is 0.497 e. The zero-order valence-corrected chi connectivity index (χ0v) is 13.9. The summed E-state index contributed by atoms with van der Waals surface area (Å²) >= 11 is 1.33. The number of aromatic nitrogens is 2. The molecule has 8 heteroatoms. The Labute approximate surface area is 138 Å². The molecular weight excluding hydrogens is 318 g/mol. The topological polar surface area (TPSA) is 82.6 Å². The van der Waals surface area contributed by atoms with Crippen LogP contribution in [-0.4, -0.2) is 43.0 Å². The molecule has 0 aliphatic carbocycles. The number of benzene rings is 1. The van der Waals surface area contributed by atoms with Gasteiger partial charge in [-0.2, -0.15) is 0 Å². The molecule has 0 aliphatic rings. The summed E-state index contributed by atoms with van der Waals surface area (Å²) in [6.07, 6.45) is 0.684. The van der Waals surface area contributed by atoms with E-state index in [4.69, 9.17) is 14.2 Å². The number of rotatable bonds is 9. The average Bonchev–Trinajstić information content (AvgIpc) is 3.01. The van der Waals surface area contributed by atoms with Crippen LogP contribution < -0.4 is 14.8 Å². The summed E-state index contributed by atoms with van der Waals surface area (Å²) in [5.74, 6) is 1.04. The molecule has 2 aromatic rings. The lowest BCUT2D eigenvalue weighted by Crippen LogP contribution is -2.20. The first-order chi connectivity index (χ1) is 11.2. The number of hydrogen-bond donors (Lipinski definition) is 1. The van der Waals surface area contributed by atoms with Crippen LogP contribution in [0.5, 0.6) is 11.5 Å². The molecular formula is C15H19N3O4S. The monoisotopic (exact) mass is 337 g/mol. The molecule has 0 radical (unpaired) electrons. The van der Waals surface area contributed by atoms with Crippen LogP contribution in [0.4, 0.5) is 5.13 Å².